The lowest BCUT2D eigenvalue weighted by atomic mass is 9.85. The number of urea groups is 1. The standard InChI is InChI=1S/C42H52FN9O2/c1-27-11-10-12-28(2)51(27)41-47-46-38-20-16-30(26-50(38)41)54-36-19-18-34(31-13-6-7-14-32(31)36)44-40(53)45-39-24-37(42(3,4)5)48-52(39)35-23-29(15-17-33(35)43)25-49-21-8-9-22-49/h6-7,13-17,20,23-24,26-28,34,36H,8-12,18-19,21-22,25H2,1-5H3,(H2,44,45,53)/t27-,28+,34-,36?/m0/s1. The van der Waals surface area contributed by atoms with Crippen molar-refractivity contribution >= 4 is 23.4 Å². The summed E-state index contributed by atoms with van der Waals surface area (Å²) in [7, 11) is 0. The van der Waals surface area contributed by atoms with E-state index in [0.29, 0.717) is 36.4 Å². The first-order valence-electron chi connectivity index (χ1n) is 19.6. The maximum absolute atomic E-state index is 15.5. The highest BCUT2D eigenvalue weighted by Crippen LogP contribution is 2.39. The fraction of sp³-hybridized carbons (Fsp3) is 0.476. The molecule has 2 amide bonds. The summed E-state index contributed by atoms with van der Waals surface area (Å²) in [5.41, 5.74) is 4.60. The zero-order valence-corrected chi connectivity index (χ0v) is 32.1. The molecule has 0 spiro atoms. The Hall–Kier alpha value is -4.97. The number of nitrogens with zero attached hydrogens (tertiary/aromatic N) is 7. The summed E-state index contributed by atoms with van der Waals surface area (Å²) in [4.78, 5) is 18.5. The van der Waals surface area contributed by atoms with Gasteiger partial charge in [0.1, 0.15) is 29.2 Å². The monoisotopic (exact) mass is 733 g/mol. The predicted molar refractivity (Wildman–Crippen MR) is 209 cm³/mol. The Morgan fingerprint density at radius 3 is 2.43 bits per heavy atom. The normalized spacial score (nSPS) is 22.0. The van der Waals surface area contributed by atoms with E-state index in [0.717, 1.165) is 72.2 Å². The molecule has 0 radical (unpaired) electrons. The number of likely N-dealkylation sites (tertiary alicyclic amines) is 1. The van der Waals surface area contributed by atoms with Crippen molar-refractivity contribution in [2.45, 2.75) is 116 Å². The number of piperidine rings is 1. The molecule has 0 bridgehead atoms. The van der Waals surface area contributed by atoms with E-state index in [1.54, 1.807) is 0 Å². The van der Waals surface area contributed by atoms with E-state index < -0.39 is 5.82 Å². The minimum absolute atomic E-state index is 0.195. The summed E-state index contributed by atoms with van der Waals surface area (Å²) in [5, 5.41) is 20.1. The Morgan fingerprint density at radius 2 is 1.67 bits per heavy atom. The van der Waals surface area contributed by atoms with E-state index in [4.69, 9.17) is 9.84 Å². The van der Waals surface area contributed by atoms with Crippen LogP contribution in [-0.2, 0) is 12.0 Å². The molecule has 1 unspecified atom stereocenters. The van der Waals surface area contributed by atoms with E-state index in [1.165, 1.54) is 30.0 Å². The molecule has 5 heterocycles. The number of anilines is 2. The van der Waals surface area contributed by atoms with Gasteiger partial charge in [-0.2, -0.15) is 5.10 Å². The summed E-state index contributed by atoms with van der Waals surface area (Å²) in [5.74, 6) is 1.61. The van der Waals surface area contributed by atoms with Crippen molar-refractivity contribution in [3.05, 3.63) is 95.1 Å². The smallest absolute Gasteiger partial charge is 0.320 e. The number of nitrogens with one attached hydrogen (secondary N) is 2. The van der Waals surface area contributed by atoms with Crippen molar-refractivity contribution in [1.82, 2.24) is 34.6 Å². The summed E-state index contributed by atoms with van der Waals surface area (Å²) in [6.07, 6.45) is 9.04. The van der Waals surface area contributed by atoms with Gasteiger partial charge in [0.25, 0.3) is 0 Å². The van der Waals surface area contributed by atoms with Gasteiger partial charge >= 0.3 is 6.03 Å². The molecular weight excluding hydrogens is 682 g/mol. The molecule has 3 aliphatic rings. The quantitative estimate of drug-likeness (QED) is 0.165. The number of pyridine rings is 1. The van der Waals surface area contributed by atoms with Crippen LogP contribution in [0.3, 0.4) is 0 Å². The molecule has 2 aromatic carbocycles. The molecule has 0 saturated carbocycles. The first kappa shape index (κ1) is 36.0. The van der Waals surface area contributed by atoms with Gasteiger partial charge in [-0.25, -0.2) is 13.9 Å². The van der Waals surface area contributed by atoms with Crippen LogP contribution in [0.4, 0.5) is 21.0 Å². The van der Waals surface area contributed by atoms with Crippen molar-refractivity contribution in [2.75, 3.05) is 23.3 Å². The third-order valence-electron chi connectivity index (χ3n) is 11.4. The highest BCUT2D eigenvalue weighted by Gasteiger charge is 2.32. The average molecular weight is 734 g/mol. The minimum Gasteiger partial charge on any atom is -0.484 e. The number of hydrogen-bond acceptors (Lipinski definition) is 7. The lowest BCUT2D eigenvalue weighted by Crippen LogP contribution is -2.44. The van der Waals surface area contributed by atoms with Gasteiger partial charge in [-0.3, -0.25) is 14.6 Å². The van der Waals surface area contributed by atoms with Crippen LogP contribution in [0.25, 0.3) is 11.3 Å². The number of halogens is 1. The number of benzene rings is 2. The Bertz CT molecular complexity index is 2120. The average Bonchev–Trinajstić information content (AvgIpc) is 3.91. The molecule has 2 N–H and O–H groups in total. The van der Waals surface area contributed by atoms with Crippen LogP contribution in [0.5, 0.6) is 5.75 Å². The zero-order chi connectivity index (χ0) is 37.6. The van der Waals surface area contributed by atoms with Crippen molar-refractivity contribution in [1.29, 1.82) is 0 Å². The molecule has 2 saturated heterocycles. The molecule has 2 fully saturated rings. The van der Waals surface area contributed by atoms with Gasteiger partial charge < -0.3 is 15.0 Å². The summed E-state index contributed by atoms with van der Waals surface area (Å²) in [6, 6.07) is 19.2. The highest BCUT2D eigenvalue weighted by molar-refractivity contribution is 5.89. The first-order chi connectivity index (χ1) is 26.0. The second-order valence-corrected chi connectivity index (χ2v) is 16.4. The highest BCUT2D eigenvalue weighted by atomic mass is 19.1. The van der Waals surface area contributed by atoms with Crippen LogP contribution >= 0.6 is 0 Å². The Labute approximate surface area is 316 Å². The van der Waals surface area contributed by atoms with Crippen molar-refractivity contribution in [2.24, 2.45) is 0 Å². The Morgan fingerprint density at radius 1 is 0.907 bits per heavy atom. The molecule has 284 valence electrons. The fourth-order valence-corrected chi connectivity index (χ4v) is 8.46. The fourth-order valence-electron chi connectivity index (χ4n) is 8.46. The number of ether oxygens (including phenoxy) is 1. The minimum atomic E-state index is -0.394. The van der Waals surface area contributed by atoms with Gasteiger partial charge in [0.15, 0.2) is 5.65 Å². The number of fused-ring (bicyclic) bond motifs is 2. The molecule has 8 rings (SSSR count). The van der Waals surface area contributed by atoms with Crippen LogP contribution < -0.4 is 20.3 Å². The van der Waals surface area contributed by atoms with Crippen molar-refractivity contribution in [3.63, 3.8) is 0 Å². The molecule has 11 nitrogen and oxygen atoms in total. The predicted octanol–water partition coefficient (Wildman–Crippen LogP) is 8.49. The van der Waals surface area contributed by atoms with Crippen LogP contribution in [0.2, 0.25) is 0 Å². The van der Waals surface area contributed by atoms with E-state index in [9.17, 15) is 4.79 Å². The number of carbonyl (C=O) groups excluding carboxylic acids is 1. The third-order valence-corrected chi connectivity index (χ3v) is 11.4. The van der Waals surface area contributed by atoms with Crippen LogP contribution in [-0.4, -0.2) is 60.5 Å². The van der Waals surface area contributed by atoms with Crippen molar-refractivity contribution in [3.8, 4) is 11.4 Å². The second kappa shape index (κ2) is 14.7. The van der Waals surface area contributed by atoms with Gasteiger partial charge in [0, 0.05) is 30.1 Å². The number of amides is 2. The third kappa shape index (κ3) is 7.28. The SMILES string of the molecule is C[C@@H]1CCC[C@H](C)N1c1nnc2ccc(OC3CC[C@H](NC(=O)Nc4cc(C(C)(C)C)nn4-c4cc(CN5CCCC5)ccc4F)c4ccccc43)cn12. The van der Waals surface area contributed by atoms with Crippen LogP contribution in [0, 0.1) is 5.82 Å². The number of rotatable bonds is 8. The lowest BCUT2D eigenvalue weighted by molar-refractivity contribution is 0.171. The lowest BCUT2D eigenvalue weighted by Gasteiger charge is -2.39. The largest absolute Gasteiger partial charge is 0.484 e. The van der Waals surface area contributed by atoms with Crippen LogP contribution in [0.15, 0.2) is 66.9 Å². The molecule has 1 aliphatic carbocycles. The maximum atomic E-state index is 15.5. The van der Waals surface area contributed by atoms with Crippen LogP contribution in [0.1, 0.15) is 114 Å². The Kier molecular flexibility index (Phi) is 9.80. The molecule has 4 atom stereocenters. The van der Waals surface area contributed by atoms with Gasteiger partial charge in [-0.15, -0.1) is 10.2 Å². The summed E-state index contributed by atoms with van der Waals surface area (Å²) < 4.78 is 25.8. The second-order valence-electron chi connectivity index (χ2n) is 16.4. The molecule has 3 aromatic heterocycles. The van der Waals surface area contributed by atoms with Gasteiger partial charge in [0.2, 0.25) is 5.95 Å². The molecule has 12 heteroatoms. The molecule has 54 heavy (non-hydrogen) atoms. The van der Waals surface area contributed by atoms with E-state index in [1.807, 2.05) is 53.1 Å². The van der Waals surface area contributed by atoms with Gasteiger partial charge in [-0.05, 0) is 113 Å². The van der Waals surface area contributed by atoms with Gasteiger partial charge in [-0.1, -0.05) is 51.1 Å². The molecular formula is C42H52FN9O2. The number of carbonyl (C=O) groups is 1. The topological polar surface area (TPSA) is 105 Å². The van der Waals surface area contributed by atoms with Gasteiger partial charge in [0.05, 0.1) is 17.9 Å². The maximum Gasteiger partial charge on any atom is 0.320 e. The number of hydrogen-bond donors (Lipinski definition) is 2. The van der Waals surface area contributed by atoms with Crippen molar-refractivity contribution < 1.29 is 13.9 Å². The molecule has 2 aliphatic heterocycles. The van der Waals surface area contributed by atoms with E-state index in [2.05, 4.69) is 77.4 Å². The number of aromatic nitrogens is 5. The Balaban J connectivity index is 1.00. The summed E-state index contributed by atoms with van der Waals surface area (Å²) in [6.45, 7) is 13.5. The first-order valence-corrected chi connectivity index (χ1v) is 19.6. The van der Waals surface area contributed by atoms with E-state index >= 15 is 4.39 Å². The van der Waals surface area contributed by atoms with E-state index in [-0.39, 0.29) is 23.6 Å². The molecule has 5 aromatic rings. The summed E-state index contributed by atoms with van der Waals surface area (Å²) >= 11 is 0. The zero-order valence-electron chi connectivity index (χ0n) is 32.1.